The zero-order valence-electron chi connectivity index (χ0n) is 13.1. The molecule has 0 saturated heterocycles. The number of hydrogen-bond acceptors (Lipinski definition) is 5. The fourth-order valence-corrected chi connectivity index (χ4v) is 2.92. The summed E-state index contributed by atoms with van der Waals surface area (Å²) in [6.07, 6.45) is 0.484. The van der Waals surface area contributed by atoms with Gasteiger partial charge >= 0.3 is 5.97 Å². The van der Waals surface area contributed by atoms with Gasteiger partial charge in [0.05, 0.1) is 24.0 Å². The van der Waals surface area contributed by atoms with Gasteiger partial charge in [-0.25, -0.2) is 0 Å². The largest absolute Gasteiger partial charge is 0.469 e. The highest BCUT2D eigenvalue weighted by Crippen LogP contribution is 2.37. The standard InChI is InChI=1S/C18H16N2O4/c1-24-18(21)15-11-16(12-5-3-2-4-6-12)19-17(15)13-7-9-14(10-8-13)20(22)23/h2-10,15,17H,11H2,1H3/t15-,17-/m0/s1. The van der Waals surface area contributed by atoms with Gasteiger partial charge in [-0.15, -0.1) is 0 Å². The number of non-ortho nitro benzene ring substituents is 1. The zero-order chi connectivity index (χ0) is 17.1. The third kappa shape index (κ3) is 3.03. The molecule has 0 radical (unpaired) electrons. The smallest absolute Gasteiger partial charge is 0.311 e. The highest BCUT2D eigenvalue weighted by molar-refractivity contribution is 6.04. The van der Waals surface area contributed by atoms with Crippen molar-refractivity contribution in [3.8, 4) is 0 Å². The Hall–Kier alpha value is -3.02. The van der Waals surface area contributed by atoms with Crippen LogP contribution in [0.4, 0.5) is 5.69 Å². The summed E-state index contributed by atoms with van der Waals surface area (Å²) >= 11 is 0. The number of benzene rings is 2. The molecule has 0 N–H and O–H groups in total. The maximum Gasteiger partial charge on any atom is 0.311 e. The van der Waals surface area contributed by atoms with Crippen LogP contribution in [0.1, 0.15) is 23.6 Å². The van der Waals surface area contributed by atoms with Gasteiger partial charge in [0.2, 0.25) is 0 Å². The van der Waals surface area contributed by atoms with E-state index in [0.29, 0.717) is 6.42 Å². The second kappa shape index (κ2) is 6.62. The lowest BCUT2D eigenvalue weighted by Gasteiger charge is -2.15. The number of rotatable bonds is 4. The lowest BCUT2D eigenvalue weighted by molar-refractivity contribution is -0.384. The van der Waals surface area contributed by atoms with Gasteiger partial charge in [-0.3, -0.25) is 19.9 Å². The maximum atomic E-state index is 12.1. The van der Waals surface area contributed by atoms with Crippen LogP contribution in [-0.4, -0.2) is 23.7 Å². The minimum absolute atomic E-state index is 0.0126. The molecule has 0 aromatic heterocycles. The van der Waals surface area contributed by atoms with Crippen LogP contribution in [0.25, 0.3) is 0 Å². The monoisotopic (exact) mass is 324 g/mol. The van der Waals surface area contributed by atoms with Crippen molar-refractivity contribution in [1.29, 1.82) is 0 Å². The molecule has 1 aliphatic rings. The molecule has 122 valence electrons. The average molecular weight is 324 g/mol. The Balaban J connectivity index is 1.96. The van der Waals surface area contributed by atoms with E-state index in [2.05, 4.69) is 0 Å². The van der Waals surface area contributed by atoms with Crippen molar-refractivity contribution in [1.82, 2.24) is 0 Å². The summed E-state index contributed by atoms with van der Waals surface area (Å²) < 4.78 is 4.91. The van der Waals surface area contributed by atoms with E-state index >= 15 is 0 Å². The summed E-state index contributed by atoms with van der Waals surface area (Å²) in [6.45, 7) is 0. The molecule has 1 aliphatic heterocycles. The van der Waals surface area contributed by atoms with Gasteiger partial charge in [-0.2, -0.15) is 0 Å². The van der Waals surface area contributed by atoms with Crippen molar-refractivity contribution in [3.05, 3.63) is 75.8 Å². The number of carbonyl (C=O) groups is 1. The van der Waals surface area contributed by atoms with Crippen LogP contribution < -0.4 is 0 Å². The predicted octanol–water partition coefficient (Wildman–Crippen LogP) is 3.32. The van der Waals surface area contributed by atoms with Gasteiger partial charge in [0.15, 0.2) is 0 Å². The molecular formula is C18H16N2O4. The van der Waals surface area contributed by atoms with Gasteiger partial charge in [-0.05, 0) is 11.1 Å². The molecule has 0 saturated carbocycles. The first kappa shape index (κ1) is 15.9. The maximum absolute atomic E-state index is 12.1. The number of ether oxygens (including phenoxy) is 1. The van der Waals surface area contributed by atoms with Crippen molar-refractivity contribution in [2.75, 3.05) is 7.11 Å². The number of nitro groups is 1. The van der Waals surface area contributed by atoms with Crippen molar-refractivity contribution in [2.45, 2.75) is 12.5 Å². The number of hydrogen-bond donors (Lipinski definition) is 0. The summed E-state index contributed by atoms with van der Waals surface area (Å²) in [5, 5.41) is 10.8. The molecule has 0 aliphatic carbocycles. The number of methoxy groups -OCH3 is 1. The summed E-state index contributed by atoms with van der Waals surface area (Å²) in [5.41, 5.74) is 2.59. The first-order valence-electron chi connectivity index (χ1n) is 7.54. The summed E-state index contributed by atoms with van der Waals surface area (Å²) in [5.74, 6) is -0.750. The van der Waals surface area contributed by atoms with E-state index in [-0.39, 0.29) is 11.7 Å². The highest BCUT2D eigenvalue weighted by Gasteiger charge is 2.37. The van der Waals surface area contributed by atoms with Crippen LogP contribution in [0.3, 0.4) is 0 Å². The van der Waals surface area contributed by atoms with Crippen LogP contribution in [0, 0.1) is 16.0 Å². The van der Waals surface area contributed by atoms with Gasteiger partial charge < -0.3 is 4.74 Å². The Kier molecular flexibility index (Phi) is 4.37. The number of aliphatic imine (C=N–C) groups is 1. The van der Waals surface area contributed by atoms with E-state index in [1.807, 2.05) is 30.3 Å². The molecule has 0 fully saturated rings. The molecule has 3 rings (SSSR count). The second-order valence-corrected chi connectivity index (χ2v) is 5.57. The van der Waals surface area contributed by atoms with E-state index in [4.69, 9.17) is 9.73 Å². The van der Waals surface area contributed by atoms with Gasteiger partial charge in [-0.1, -0.05) is 42.5 Å². The van der Waals surface area contributed by atoms with Gasteiger partial charge in [0.1, 0.15) is 0 Å². The Morgan fingerprint density at radius 2 is 1.83 bits per heavy atom. The summed E-state index contributed by atoms with van der Waals surface area (Å²) in [7, 11) is 1.36. The minimum atomic E-state index is -0.450. The van der Waals surface area contributed by atoms with E-state index in [0.717, 1.165) is 16.8 Å². The van der Waals surface area contributed by atoms with E-state index in [1.165, 1.54) is 19.2 Å². The molecule has 0 bridgehead atoms. The lowest BCUT2D eigenvalue weighted by atomic mass is 9.91. The number of nitrogens with zero attached hydrogens (tertiary/aromatic N) is 2. The number of nitro benzene ring substituents is 1. The molecule has 0 spiro atoms. The predicted molar refractivity (Wildman–Crippen MR) is 88.9 cm³/mol. The molecule has 2 aromatic rings. The normalized spacial score (nSPS) is 19.6. The third-order valence-corrected chi connectivity index (χ3v) is 4.15. The topological polar surface area (TPSA) is 81.8 Å². The van der Waals surface area contributed by atoms with Crippen LogP contribution in [-0.2, 0) is 9.53 Å². The van der Waals surface area contributed by atoms with E-state index in [9.17, 15) is 14.9 Å². The second-order valence-electron chi connectivity index (χ2n) is 5.57. The molecule has 1 heterocycles. The van der Waals surface area contributed by atoms with Crippen molar-refractivity contribution in [2.24, 2.45) is 10.9 Å². The molecule has 0 unspecified atom stereocenters. The Morgan fingerprint density at radius 3 is 2.42 bits per heavy atom. The van der Waals surface area contributed by atoms with Crippen molar-refractivity contribution >= 4 is 17.4 Å². The lowest BCUT2D eigenvalue weighted by Crippen LogP contribution is -2.20. The van der Waals surface area contributed by atoms with E-state index in [1.54, 1.807) is 12.1 Å². The molecule has 2 aromatic carbocycles. The Morgan fingerprint density at radius 1 is 1.17 bits per heavy atom. The summed E-state index contributed by atoms with van der Waals surface area (Å²) in [6, 6.07) is 15.4. The fourth-order valence-electron chi connectivity index (χ4n) is 2.92. The van der Waals surface area contributed by atoms with Crippen LogP contribution >= 0.6 is 0 Å². The molecule has 0 amide bonds. The first-order valence-corrected chi connectivity index (χ1v) is 7.54. The molecule has 6 heteroatoms. The quantitative estimate of drug-likeness (QED) is 0.491. The first-order chi connectivity index (χ1) is 11.6. The van der Waals surface area contributed by atoms with Crippen LogP contribution in [0.5, 0.6) is 0 Å². The van der Waals surface area contributed by atoms with E-state index < -0.39 is 16.9 Å². The molecule has 6 nitrogen and oxygen atoms in total. The van der Waals surface area contributed by atoms with Gasteiger partial charge in [0.25, 0.3) is 5.69 Å². The molecular weight excluding hydrogens is 308 g/mol. The van der Waals surface area contributed by atoms with Crippen LogP contribution in [0.2, 0.25) is 0 Å². The fraction of sp³-hybridized carbons (Fsp3) is 0.222. The molecule has 24 heavy (non-hydrogen) atoms. The SMILES string of the molecule is COC(=O)[C@H]1CC(c2ccccc2)=N[C@H]1c1ccc([N+](=O)[O-])cc1. The number of esters is 1. The molecule has 2 atom stereocenters. The third-order valence-electron chi connectivity index (χ3n) is 4.15. The zero-order valence-corrected chi connectivity index (χ0v) is 13.1. The average Bonchev–Trinajstić information content (AvgIpc) is 3.07. The minimum Gasteiger partial charge on any atom is -0.469 e. The van der Waals surface area contributed by atoms with Crippen molar-refractivity contribution < 1.29 is 14.5 Å². The summed E-state index contributed by atoms with van der Waals surface area (Å²) in [4.78, 5) is 27.2. The van der Waals surface area contributed by atoms with Crippen LogP contribution in [0.15, 0.2) is 59.6 Å². The van der Waals surface area contributed by atoms with Gasteiger partial charge in [0, 0.05) is 24.3 Å². The Labute approximate surface area is 138 Å². The number of carbonyl (C=O) groups excluding carboxylic acids is 1. The van der Waals surface area contributed by atoms with Crippen molar-refractivity contribution in [3.63, 3.8) is 0 Å². The Bertz CT molecular complexity index is 784. The highest BCUT2D eigenvalue weighted by atomic mass is 16.6.